The van der Waals surface area contributed by atoms with Gasteiger partial charge in [0.15, 0.2) is 0 Å². The number of carbonyl (C=O) groups excluding carboxylic acids is 3. The van der Waals surface area contributed by atoms with Crippen LogP contribution in [-0.4, -0.2) is 55.0 Å². The number of nitrogens with one attached hydrogen (secondary N) is 1. The zero-order chi connectivity index (χ0) is 18.7. The summed E-state index contributed by atoms with van der Waals surface area (Å²) < 4.78 is 4.72. The molecule has 0 saturated carbocycles. The van der Waals surface area contributed by atoms with Crippen molar-refractivity contribution < 1.29 is 19.1 Å². The Kier molecular flexibility index (Phi) is 5.18. The molecule has 3 rings (SSSR count). The topological polar surface area (TPSA) is 102 Å². The van der Waals surface area contributed by atoms with Crippen LogP contribution < -0.4 is 11.1 Å². The van der Waals surface area contributed by atoms with E-state index in [2.05, 4.69) is 5.32 Å². The number of nitrogens with two attached hydrogens (primary N) is 1. The van der Waals surface area contributed by atoms with E-state index in [0.717, 1.165) is 10.8 Å². The van der Waals surface area contributed by atoms with E-state index in [1.165, 1.54) is 12.0 Å². The Balaban J connectivity index is 1.64. The molecule has 2 atom stereocenters. The average molecular weight is 355 g/mol. The number of carbonyl (C=O) groups is 3. The Morgan fingerprint density at radius 3 is 2.65 bits per heavy atom. The van der Waals surface area contributed by atoms with Gasteiger partial charge in [-0.2, -0.15) is 0 Å². The monoisotopic (exact) mass is 355 g/mol. The molecule has 7 nitrogen and oxygen atoms in total. The van der Waals surface area contributed by atoms with Gasteiger partial charge in [0, 0.05) is 18.2 Å². The molecular formula is C19H21N3O4. The summed E-state index contributed by atoms with van der Waals surface area (Å²) in [6.07, 6.45) is 0.358. The van der Waals surface area contributed by atoms with Crippen molar-refractivity contribution in [1.29, 1.82) is 0 Å². The van der Waals surface area contributed by atoms with Gasteiger partial charge in [-0.05, 0) is 29.3 Å². The maximum atomic E-state index is 12.4. The molecular weight excluding hydrogens is 334 g/mol. The third-order valence-corrected chi connectivity index (χ3v) is 4.54. The van der Waals surface area contributed by atoms with Crippen LogP contribution in [0.1, 0.15) is 16.8 Å². The molecule has 26 heavy (non-hydrogen) atoms. The molecule has 0 spiro atoms. The number of methoxy groups -OCH3 is 1. The smallest absolute Gasteiger partial charge is 0.328 e. The first kappa shape index (κ1) is 17.9. The van der Waals surface area contributed by atoms with Gasteiger partial charge in [-0.25, -0.2) is 4.79 Å². The van der Waals surface area contributed by atoms with Gasteiger partial charge in [0.2, 0.25) is 5.91 Å². The molecule has 3 N–H and O–H groups in total. The highest BCUT2D eigenvalue weighted by atomic mass is 16.5. The third kappa shape index (κ3) is 3.67. The van der Waals surface area contributed by atoms with Gasteiger partial charge >= 0.3 is 5.97 Å². The first-order valence-corrected chi connectivity index (χ1v) is 8.39. The van der Waals surface area contributed by atoms with Crippen LogP contribution in [0.5, 0.6) is 0 Å². The van der Waals surface area contributed by atoms with Crippen LogP contribution in [0.25, 0.3) is 10.8 Å². The van der Waals surface area contributed by atoms with E-state index < -0.39 is 12.0 Å². The maximum Gasteiger partial charge on any atom is 0.328 e. The molecule has 2 amide bonds. The van der Waals surface area contributed by atoms with Crippen LogP contribution in [-0.2, 0) is 14.3 Å². The summed E-state index contributed by atoms with van der Waals surface area (Å²) in [4.78, 5) is 37.9. The Morgan fingerprint density at radius 1 is 1.19 bits per heavy atom. The summed E-state index contributed by atoms with van der Waals surface area (Å²) in [6.45, 7) is 0.0658. The number of hydrogen-bond acceptors (Lipinski definition) is 5. The third-order valence-electron chi connectivity index (χ3n) is 4.54. The highest BCUT2D eigenvalue weighted by molar-refractivity contribution is 6.00. The molecule has 136 valence electrons. The summed E-state index contributed by atoms with van der Waals surface area (Å²) in [6, 6.07) is 12.1. The first-order valence-electron chi connectivity index (χ1n) is 8.39. The van der Waals surface area contributed by atoms with Crippen molar-refractivity contribution in [1.82, 2.24) is 10.2 Å². The first-order chi connectivity index (χ1) is 12.5. The molecule has 1 aliphatic rings. The van der Waals surface area contributed by atoms with Crippen LogP contribution in [0.2, 0.25) is 0 Å². The second-order valence-corrected chi connectivity index (χ2v) is 6.33. The lowest BCUT2D eigenvalue weighted by Gasteiger charge is -2.22. The fourth-order valence-electron chi connectivity index (χ4n) is 3.19. The van der Waals surface area contributed by atoms with Crippen molar-refractivity contribution in [3.05, 3.63) is 48.0 Å². The highest BCUT2D eigenvalue weighted by Crippen LogP contribution is 2.18. The Hall–Kier alpha value is -2.93. The number of hydrogen-bond donors (Lipinski definition) is 2. The average Bonchev–Trinajstić information content (AvgIpc) is 3.06. The molecule has 1 saturated heterocycles. The Bertz CT molecular complexity index is 852. The summed E-state index contributed by atoms with van der Waals surface area (Å²) >= 11 is 0. The molecule has 2 aromatic rings. The van der Waals surface area contributed by atoms with Gasteiger partial charge in [0.1, 0.15) is 6.04 Å². The minimum absolute atomic E-state index is 0.203. The molecule has 0 bridgehead atoms. The number of ether oxygens (including phenoxy) is 1. The SMILES string of the molecule is COC(=O)C1CC(N)CN1C(=O)CNC(=O)c1ccc2ccccc2c1. The number of rotatable bonds is 4. The lowest BCUT2D eigenvalue weighted by molar-refractivity contribution is -0.150. The maximum absolute atomic E-state index is 12.4. The Labute approximate surface area is 151 Å². The summed E-state index contributed by atoms with van der Waals surface area (Å²) in [5, 5.41) is 4.59. The molecule has 2 aromatic carbocycles. The minimum Gasteiger partial charge on any atom is -0.467 e. The molecule has 1 fully saturated rings. The number of benzene rings is 2. The van der Waals surface area contributed by atoms with Gasteiger partial charge in [-0.15, -0.1) is 0 Å². The minimum atomic E-state index is -0.694. The molecule has 1 heterocycles. The predicted octanol–water partition coefficient (Wildman–Crippen LogP) is 0.671. The quantitative estimate of drug-likeness (QED) is 0.785. The van der Waals surface area contributed by atoms with E-state index in [9.17, 15) is 14.4 Å². The van der Waals surface area contributed by atoms with Crippen LogP contribution in [0.3, 0.4) is 0 Å². The van der Waals surface area contributed by atoms with E-state index in [-0.39, 0.29) is 30.9 Å². The van der Waals surface area contributed by atoms with E-state index >= 15 is 0 Å². The normalized spacial score (nSPS) is 19.4. The fourth-order valence-corrected chi connectivity index (χ4v) is 3.19. The fraction of sp³-hybridized carbons (Fsp3) is 0.316. The van der Waals surface area contributed by atoms with Gasteiger partial charge in [0.05, 0.1) is 13.7 Å². The van der Waals surface area contributed by atoms with E-state index in [0.29, 0.717) is 12.0 Å². The molecule has 7 heteroatoms. The van der Waals surface area contributed by atoms with Gasteiger partial charge in [-0.3, -0.25) is 9.59 Å². The van der Waals surface area contributed by atoms with Crippen molar-refractivity contribution in [3.63, 3.8) is 0 Å². The zero-order valence-corrected chi connectivity index (χ0v) is 14.5. The van der Waals surface area contributed by atoms with E-state index in [4.69, 9.17) is 10.5 Å². The Morgan fingerprint density at radius 2 is 1.92 bits per heavy atom. The van der Waals surface area contributed by atoms with Gasteiger partial charge in [-0.1, -0.05) is 30.3 Å². The molecule has 0 radical (unpaired) electrons. The molecule has 1 aliphatic heterocycles. The number of likely N-dealkylation sites (tertiary alicyclic amines) is 1. The highest BCUT2D eigenvalue weighted by Gasteiger charge is 2.38. The molecule has 0 aromatic heterocycles. The predicted molar refractivity (Wildman–Crippen MR) is 96.4 cm³/mol. The number of amides is 2. The number of fused-ring (bicyclic) bond motifs is 1. The van der Waals surface area contributed by atoms with Crippen molar-refractivity contribution in [2.24, 2.45) is 5.73 Å². The standard InChI is InChI=1S/C19H21N3O4/c1-26-19(25)16-9-15(20)11-22(16)17(23)10-21-18(24)14-7-6-12-4-2-3-5-13(12)8-14/h2-8,15-16H,9-11,20H2,1H3,(H,21,24). The number of nitrogens with zero attached hydrogens (tertiary/aromatic N) is 1. The van der Waals surface area contributed by atoms with Crippen molar-refractivity contribution in [2.45, 2.75) is 18.5 Å². The van der Waals surface area contributed by atoms with Crippen molar-refractivity contribution in [3.8, 4) is 0 Å². The van der Waals surface area contributed by atoms with Crippen molar-refractivity contribution in [2.75, 3.05) is 20.2 Å². The second-order valence-electron chi connectivity index (χ2n) is 6.33. The van der Waals surface area contributed by atoms with E-state index in [1.807, 2.05) is 30.3 Å². The summed E-state index contributed by atoms with van der Waals surface area (Å²) in [5.74, 6) is -1.20. The lowest BCUT2D eigenvalue weighted by Crippen LogP contribution is -2.46. The zero-order valence-electron chi connectivity index (χ0n) is 14.5. The second kappa shape index (κ2) is 7.53. The largest absolute Gasteiger partial charge is 0.467 e. The van der Waals surface area contributed by atoms with E-state index in [1.54, 1.807) is 12.1 Å². The molecule has 0 aliphatic carbocycles. The van der Waals surface area contributed by atoms with Crippen LogP contribution >= 0.6 is 0 Å². The van der Waals surface area contributed by atoms with Gasteiger partial charge in [0.25, 0.3) is 5.91 Å². The summed E-state index contributed by atoms with van der Waals surface area (Å²) in [5.41, 5.74) is 6.33. The van der Waals surface area contributed by atoms with Gasteiger partial charge < -0.3 is 20.7 Å². The van der Waals surface area contributed by atoms with Crippen LogP contribution in [0.15, 0.2) is 42.5 Å². The van der Waals surface area contributed by atoms with Crippen LogP contribution in [0, 0.1) is 0 Å². The lowest BCUT2D eigenvalue weighted by atomic mass is 10.1. The molecule has 2 unspecified atom stereocenters. The van der Waals surface area contributed by atoms with Crippen molar-refractivity contribution >= 4 is 28.6 Å². The summed E-state index contributed by atoms with van der Waals surface area (Å²) in [7, 11) is 1.27. The van der Waals surface area contributed by atoms with Crippen LogP contribution in [0.4, 0.5) is 0 Å². The number of esters is 1.